The summed E-state index contributed by atoms with van der Waals surface area (Å²) in [6.45, 7) is 1.34. The van der Waals surface area contributed by atoms with Crippen LogP contribution in [0.3, 0.4) is 0 Å². The molecule has 4 rings (SSSR count). The van der Waals surface area contributed by atoms with Gasteiger partial charge in [0.05, 0.1) is 17.8 Å². The number of aryl methyl sites for hydroxylation is 1. The third-order valence-electron chi connectivity index (χ3n) is 5.15. The minimum atomic E-state index is -0.317. The zero-order valence-electron chi connectivity index (χ0n) is 18.3. The van der Waals surface area contributed by atoms with Crippen molar-refractivity contribution >= 4 is 16.8 Å². The molecule has 2 aromatic heterocycles. The molecule has 0 aliphatic heterocycles. The largest absolute Gasteiger partial charge is 0.490 e. The monoisotopic (exact) mass is 448 g/mol. The van der Waals surface area contributed by atoms with E-state index in [-0.39, 0.29) is 11.7 Å². The van der Waals surface area contributed by atoms with Crippen molar-refractivity contribution < 1.29 is 18.7 Å². The van der Waals surface area contributed by atoms with E-state index in [2.05, 4.69) is 15.3 Å². The Kier molecular flexibility index (Phi) is 7.26. The molecule has 0 aliphatic rings. The summed E-state index contributed by atoms with van der Waals surface area (Å²) in [6.07, 6.45) is 5.03. The Labute approximate surface area is 191 Å². The summed E-state index contributed by atoms with van der Waals surface area (Å²) < 4.78 is 24.4. The van der Waals surface area contributed by atoms with E-state index < -0.39 is 0 Å². The third kappa shape index (κ3) is 5.72. The number of nitrogens with one attached hydrogen (secondary N) is 2. The highest BCUT2D eigenvalue weighted by atomic mass is 19.1. The molecule has 0 spiro atoms. The van der Waals surface area contributed by atoms with E-state index in [1.165, 1.54) is 12.1 Å². The van der Waals surface area contributed by atoms with Gasteiger partial charge in [-0.2, -0.15) is 0 Å². The topological polar surface area (TPSA) is 89.1 Å². The second-order valence-electron chi connectivity index (χ2n) is 7.48. The van der Waals surface area contributed by atoms with Gasteiger partial charge in [-0.25, -0.2) is 14.4 Å². The first-order chi connectivity index (χ1) is 16.1. The summed E-state index contributed by atoms with van der Waals surface area (Å²) in [5.41, 5.74) is 2.51. The molecule has 2 N–H and O–H groups in total. The van der Waals surface area contributed by atoms with Crippen molar-refractivity contribution in [2.24, 2.45) is 0 Å². The molecule has 2 heterocycles. The fraction of sp³-hybridized carbons (Fsp3) is 0.240. The van der Waals surface area contributed by atoms with Gasteiger partial charge >= 0.3 is 0 Å². The molecule has 0 unspecified atom stereocenters. The number of ether oxygens (including phenoxy) is 2. The first-order valence-corrected chi connectivity index (χ1v) is 10.7. The van der Waals surface area contributed by atoms with Gasteiger partial charge in [0.15, 0.2) is 0 Å². The van der Waals surface area contributed by atoms with Gasteiger partial charge in [0, 0.05) is 55.0 Å². The lowest BCUT2D eigenvalue weighted by molar-refractivity contribution is 0.0953. The number of nitrogens with zero attached hydrogens (tertiary/aromatic N) is 2. The molecule has 0 fully saturated rings. The van der Waals surface area contributed by atoms with Crippen molar-refractivity contribution in [1.29, 1.82) is 0 Å². The Morgan fingerprint density at radius 1 is 1.12 bits per heavy atom. The Balaban J connectivity index is 1.56. The number of halogens is 1. The average Bonchev–Trinajstić information content (AvgIpc) is 3.35. The standard InChI is InChI=1S/C25H25FN4O3/c1-32-13-14-33-23-16-21(17-4-7-19(26)8-5-17)30-22-15-18(6-9-20(22)23)25(31)29-10-2-3-24-27-11-12-28-24/h4-9,11-12,15-16H,2-3,10,13-14H2,1H3,(H,27,28)(H,29,31). The van der Waals surface area contributed by atoms with Gasteiger partial charge in [-0.3, -0.25) is 4.79 Å². The minimum Gasteiger partial charge on any atom is -0.490 e. The molecule has 0 saturated heterocycles. The van der Waals surface area contributed by atoms with Gasteiger partial charge < -0.3 is 19.8 Å². The third-order valence-corrected chi connectivity index (χ3v) is 5.15. The molecule has 2 aromatic carbocycles. The molecule has 0 atom stereocenters. The summed E-state index contributed by atoms with van der Waals surface area (Å²) in [5.74, 6) is 1.03. The number of amides is 1. The zero-order valence-corrected chi connectivity index (χ0v) is 18.3. The maximum atomic E-state index is 13.4. The van der Waals surface area contributed by atoms with Crippen LogP contribution in [-0.4, -0.2) is 47.7 Å². The van der Waals surface area contributed by atoms with Crippen LogP contribution >= 0.6 is 0 Å². The number of methoxy groups -OCH3 is 1. The van der Waals surface area contributed by atoms with E-state index in [1.54, 1.807) is 43.8 Å². The smallest absolute Gasteiger partial charge is 0.251 e. The van der Waals surface area contributed by atoms with E-state index in [1.807, 2.05) is 12.1 Å². The van der Waals surface area contributed by atoms with Crippen LogP contribution in [0.5, 0.6) is 5.75 Å². The molecule has 33 heavy (non-hydrogen) atoms. The van der Waals surface area contributed by atoms with Gasteiger partial charge in [0.1, 0.15) is 24.0 Å². The lowest BCUT2D eigenvalue weighted by atomic mass is 10.1. The highest BCUT2D eigenvalue weighted by molar-refractivity contribution is 5.99. The number of fused-ring (bicyclic) bond motifs is 1. The average molecular weight is 448 g/mol. The van der Waals surface area contributed by atoms with Crippen molar-refractivity contribution in [3.8, 4) is 17.0 Å². The van der Waals surface area contributed by atoms with Gasteiger partial charge in [-0.05, 0) is 48.9 Å². The van der Waals surface area contributed by atoms with Gasteiger partial charge in [-0.1, -0.05) is 0 Å². The van der Waals surface area contributed by atoms with E-state index in [0.29, 0.717) is 42.3 Å². The minimum absolute atomic E-state index is 0.174. The maximum Gasteiger partial charge on any atom is 0.251 e. The summed E-state index contributed by atoms with van der Waals surface area (Å²) in [6, 6.07) is 13.3. The first kappa shape index (κ1) is 22.4. The first-order valence-electron chi connectivity index (χ1n) is 10.7. The maximum absolute atomic E-state index is 13.4. The van der Waals surface area contributed by atoms with Crippen LogP contribution in [0.15, 0.2) is 60.9 Å². The lowest BCUT2D eigenvalue weighted by Crippen LogP contribution is -2.24. The van der Waals surface area contributed by atoms with Crippen LogP contribution < -0.4 is 10.1 Å². The highest BCUT2D eigenvalue weighted by Crippen LogP contribution is 2.31. The summed E-state index contributed by atoms with van der Waals surface area (Å²) >= 11 is 0. The van der Waals surface area contributed by atoms with Gasteiger partial charge in [0.2, 0.25) is 0 Å². The van der Waals surface area contributed by atoms with Crippen molar-refractivity contribution in [1.82, 2.24) is 20.3 Å². The van der Waals surface area contributed by atoms with Crippen LogP contribution in [0.4, 0.5) is 4.39 Å². The Hall–Kier alpha value is -3.78. The van der Waals surface area contributed by atoms with E-state index in [0.717, 1.165) is 29.6 Å². The van der Waals surface area contributed by atoms with Gasteiger partial charge in [-0.15, -0.1) is 0 Å². The summed E-state index contributed by atoms with van der Waals surface area (Å²) in [7, 11) is 1.61. The molecule has 7 nitrogen and oxygen atoms in total. The van der Waals surface area contributed by atoms with Crippen LogP contribution in [0, 0.1) is 5.82 Å². The second kappa shape index (κ2) is 10.7. The molecule has 4 aromatic rings. The predicted molar refractivity (Wildman–Crippen MR) is 124 cm³/mol. The number of benzene rings is 2. The quantitative estimate of drug-likeness (QED) is 0.356. The van der Waals surface area contributed by atoms with Crippen LogP contribution in [0.25, 0.3) is 22.2 Å². The number of pyridine rings is 1. The Morgan fingerprint density at radius 3 is 2.73 bits per heavy atom. The van der Waals surface area contributed by atoms with Crippen molar-refractivity contribution in [3.63, 3.8) is 0 Å². The second-order valence-corrected chi connectivity index (χ2v) is 7.48. The number of carbonyl (C=O) groups excluding carboxylic acids is 1. The SMILES string of the molecule is COCCOc1cc(-c2ccc(F)cc2)nc2cc(C(=O)NCCCc3ncc[nH]3)ccc12. The number of imidazole rings is 1. The number of carbonyl (C=O) groups is 1. The van der Waals surface area contributed by atoms with Crippen molar-refractivity contribution in [2.45, 2.75) is 12.8 Å². The zero-order chi connectivity index (χ0) is 23.0. The van der Waals surface area contributed by atoms with Crippen LogP contribution in [0.1, 0.15) is 22.6 Å². The Morgan fingerprint density at radius 2 is 1.97 bits per heavy atom. The molecule has 0 bridgehead atoms. The fourth-order valence-corrected chi connectivity index (χ4v) is 3.46. The van der Waals surface area contributed by atoms with Crippen molar-refractivity contribution in [2.75, 3.05) is 26.9 Å². The normalized spacial score (nSPS) is 11.0. The van der Waals surface area contributed by atoms with E-state index >= 15 is 0 Å². The number of rotatable bonds is 10. The molecular weight excluding hydrogens is 423 g/mol. The number of aromatic nitrogens is 3. The number of aromatic amines is 1. The molecule has 0 saturated carbocycles. The van der Waals surface area contributed by atoms with E-state index in [4.69, 9.17) is 14.5 Å². The van der Waals surface area contributed by atoms with Crippen molar-refractivity contribution in [3.05, 3.63) is 78.1 Å². The number of hydrogen-bond acceptors (Lipinski definition) is 5. The van der Waals surface area contributed by atoms with Gasteiger partial charge in [0.25, 0.3) is 5.91 Å². The van der Waals surface area contributed by atoms with E-state index in [9.17, 15) is 9.18 Å². The predicted octanol–water partition coefficient (Wildman–Crippen LogP) is 4.15. The summed E-state index contributed by atoms with van der Waals surface area (Å²) in [5, 5.41) is 3.72. The molecular formula is C25H25FN4O3. The Bertz CT molecular complexity index is 1210. The molecule has 0 radical (unpaired) electrons. The van der Waals surface area contributed by atoms with Crippen LogP contribution in [-0.2, 0) is 11.2 Å². The summed E-state index contributed by atoms with van der Waals surface area (Å²) in [4.78, 5) is 24.6. The fourth-order valence-electron chi connectivity index (χ4n) is 3.46. The molecule has 8 heteroatoms. The molecule has 0 aliphatic carbocycles. The highest BCUT2D eigenvalue weighted by Gasteiger charge is 2.13. The van der Waals surface area contributed by atoms with Crippen LogP contribution in [0.2, 0.25) is 0 Å². The number of H-pyrrole nitrogens is 1. The lowest BCUT2D eigenvalue weighted by Gasteiger charge is -2.13. The molecule has 170 valence electrons. The number of hydrogen-bond donors (Lipinski definition) is 2. The molecule has 1 amide bonds.